The fraction of sp³-hybridized carbons (Fsp3) is 0.588. The molecule has 0 bridgehead atoms. The average molecular weight is 298 g/mol. The molecule has 1 aliphatic heterocycles. The number of fused-ring (bicyclic) bond motifs is 1. The molecule has 0 amide bonds. The molecule has 1 saturated heterocycles. The smallest absolute Gasteiger partial charge is 0.399 e. The lowest BCUT2D eigenvalue weighted by molar-refractivity contribution is 0.00578. The molecule has 4 rings (SSSR count). The molecule has 1 aliphatic carbocycles. The van der Waals surface area contributed by atoms with Crippen LogP contribution < -0.4 is 5.46 Å². The van der Waals surface area contributed by atoms with Gasteiger partial charge in [-0.3, -0.25) is 0 Å². The van der Waals surface area contributed by atoms with E-state index < -0.39 is 0 Å². The zero-order chi connectivity index (χ0) is 15.7. The van der Waals surface area contributed by atoms with Gasteiger partial charge < -0.3 is 13.7 Å². The molecule has 0 N–H and O–H groups in total. The van der Waals surface area contributed by atoms with Crippen molar-refractivity contribution in [1.82, 2.24) is 9.38 Å². The summed E-state index contributed by atoms with van der Waals surface area (Å²) in [6, 6.07) is 2.24. The predicted octanol–water partition coefficient (Wildman–Crippen LogP) is 2.82. The minimum Gasteiger partial charge on any atom is -0.399 e. The second kappa shape index (κ2) is 4.36. The van der Waals surface area contributed by atoms with Crippen LogP contribution in [0.15, 0.2) is 18.5 Å². The molecule has 2 aromatic rings. The molecule has 2 aliphatic rings. The van der Waals surface area contributed by atoms with Crippen molar-refractivity contribution in [3.05, 3.63) is 29.7 Å². The summed E-state index contributed by atoms with van der Waals surface area (Å²) in [6.07, 6.45) is 6.70. The number of rotatable bonds is 2. The first kappa shape index (κ1) is 14.3. The van der Waals surface area contributed by atoms with Gasteiger partial charge in [-0.1, -0.05) is 6.07 Å². The Labute approximate surface area is 132 Å². The summed E-state index contributed by atoms with van der Waals surface area (Å²) >= 11 is 0. The maximum atomic E-state index is 6.21. The first-order chi connectivity index (χ1) is 10.3. The average Bonchev–Trinajstić information content (AvgIpc) is 3.12. The Balaban J connectivity index is 1.80. The molecule has 22 heavy (non-hydrogen) atoms. The summed E-state index contributed by atoms with van der Waals surface area (Å²) in [6.45, 7) is 10.4. The molecule has 0 spiro atoms. The Hall–Kier alpha value is -1.33. The summed E-state index contributed by atoms with van der Waals surface area (Å²) in [5.74, 6) is 0.645. The van der Waals surface area contributed by atoms with Crippen LogP contribution in [0.25, 0.3) is 5.65 Å². The van der Waals surface area contributed by atoms with Crippen LogP contribution in [0.4, 0.5) is 0 Å². The van der Waals surface area contributed by atoms with Crippen molar-refractivity contribution in [3.63, 3.8) is 0 Å². The first-order valence-electron chi connectivity index (χ1n) is 8.12. The van der Waals surface area contributed by atoms with Gasteiger partial charge in [0.2, 0.25) is 0 Å². The maximum Gasteiger partial charge on any atom is 0.496 e. The van der Waals surface area contributed by atoms with Gasteiger partial charge in [0, 0.05) is 12.4 Å². The normalized spacial score (nSPS) is 23.4. The molecule has 4 nitrogen and oxygen atoms in total. The topological polar surface area (TPSA) is 35.8 Å². The van der Waals surface area contributed by atoms with E-state index in [1.165, 1.54) is 18.4 Å². The van der Waals surface area contributed by atoms with E-state index in [9.17, 15) is 0 Å². The Morgan fingerprint density at radius 1 is 1.14 bits per heavy atom. The van der Waals surface area contributed by atoms with E-state index in [1.54, 1.807) is 0 Å². The molecule has 0 aromatic carbocycles. The molecule has 0 atom stereocenters. The van der Waals surface area contributed by atoms with Gasteiger partial charge in [0.15, 0.2) is 0 Å². The van der Waals surface area contributed by atoms with E-state index in [4.69, 9.17) is 9.31 Å². The lowest BCUT2D eigenvalue weighted by Gasteiger charge is -2.32. The molecule has 3 heterocycles. The molecular formula is C17H23BN2O2. The van der Waals surface area contributed by atoms with Crippen molar-refractivity contribution in [3.8, 4) is 0 Å². The molecule has 2 aromatic heterocycles. The number of nitrogens with zero attached hydrogens (tertiary/aromatic N) is 2. The van der Waals surface area contributed by atoms with E-state index in [0.717, 1.165) is 16.8 Å². The number of aromatic nitrogens is 2. The number of imidazole rings is 1. The van der Waals surface area contributed by atoms with Crippen LogP contribution >= 0.6 is 0 Å². The lowest BCUT2D eigenvalue weighted by atomic mass is 9.79. The largest absolute Gasteiger partial charge is 0.496 e. The van der Waals surface area contributed by atoms with Gasteiger partial charge >= 0.3 is 7.12 Å². The van der Waals surface area contributed by atoms with Crippen molar-refractivity contribution in [2.75, 3.05) is 0 Å². The Morgan fingerprint density at radius 3 is 2.36 bits per heavy atom. The summed E-state index contributed by atoms with van der Waals surface area (Å²) < 4.78 is 14.5. The van der Waals surface area contributed by atoms with Crippen molar-refractivity contribution in [2.45, 2.75) is 64.6 Å². The van der Waals surface area contributed by atoms with Gasteiger partial charge in [-0.15, -0.1) is 0 Å². The van der Waals surface area contributed by atoms with Crippen molar-refractivity contribution < 1.29 is 9.31 Å². The van der Waals surface area contributed by atoms with Gasteiger partial charge in [-0.05, 0) is 64.4 Å². The van der Waals surface area contributed by atoms with Crippen LogP contribution in [0.1, 0.15) is 57.7 Å². The molecule has 0 radical (unpaired) electrons. The van der Waals surface area contributed by atoms with Crippen molar-refractivity contribution in [1.29, 1.82) is 0 Å². The number of aryl methyl sites for hydroxylation is 1. The van der Waals surface area contributed by atoms with Crippen LogP contribution in [0.3, 0.4) is 0 Å². The summed E-state index contributed by atoms with van der Waals surface area (Å²) in [7, 11) is -0.311. The van der Waals surface area contributed by atoms with E-state index >= 15 is 0 Å². The molecule has 0 unspecified atom stereocenters. The highest BCUT2D eigenvalue weighted by molar-refractivity contribution is 6.62. The monoisotopic (exact) mass is 298 g/mol. The standard InChI is InChI=1S/C17H23BN2O2/c1-11-9-20-10-13(8-14(12-6-7-12)15(20)19-11)18-21-16(2,3)17(4,5)22-18/h8-10,12H,6-7H2,1-5H3. The van der Waals surface area contributed by atoms with E-state index in [1.807, 2.05) is 6.92 Å². The predicted molar refractivity (Wildman–Crippen MR) is 87.6 cm³/mol. The Bertz CT molecular complexity index is 730. The Kier molecular flexibility index (Phi) is 2.83. The quantitative estimate of drug-likeness (QED) is 0.800. The van der Waals surface area contributed by atoms with Crippen LogP contribution in [0, 0.1) is 6.92 Å². The maximum absolute atomic E-state index is 6.21. The fourth-order valence-electron chi connectivity index (χ4n) is 3.07. The Morgan fingerprint density at radius 2 is 1.77 bits per heavy atom. The third-order valence-corrected chi connectivity index (χ3v) is 5.26. The van der Waals surface area contributed by atoms with Gasteiger partial charge in [-0.2, -0.15) is 0 Å². The molecule has 5 heteroatoms. The molecule has 116 valence electrons. The van der Waals surface area contributed by atoms with E-state index in [-0.39, 0.29) is 18.3 Å². The number of hydrogen-bond donors (Lipinski definition) is 0. The van der Waals surface area contributed by atoms with Crippen molar-refractivity contribution >= 4 is 18.2 Å². The van der Waals surface area contributed by atoms with Crippen LogP contribution in [0.2, 0.25) is 0 Å². The van der Waals surface area contributed by atoms with Gasteiger partial charge in [0.1, 0.15) is 5.65 Å². The molecule has 2 fully saturated rings. The highest BCUT2D eigenvalue weighted by atomic mass is 16.7. The van der Waals surface area contributed by atoms with Crippen LogP contribution in [-0.2, 0) is 9.31 Å². The highest BCUT2D eigenvalue weighted by Crippen LogP contribution is 2.42. The zero-order valence-electron chi connectivity index (χ0n) is 14.0. The van der Waals surface area contributed by atoms with Gasteiger partial charge in [-0.25, -0.2) is 4.98 Å². The second-order valence-electron chi connectivity index (χ2n) is 7.70. The first-order valence-corrected chi connectivity index (χ1v) is 8.12. The molecular weight excluding hydrogens is 275 g/mol. The zero-order valence-corrected chi connectivity index (χ0v) is 14.0. The fourth-order valence-corrected chi connectivity index (χ4v) is 3.07. The third kappa shape index (κ3) is 2.10. The van der Waals surface area contributed by atoms with Crippen molar-refractivity contribution in [2.24, 2.45) is 0 Å². The summed E-state index contributed by atoms with van der Waals surface area (Å²) in [5.41, 5.74) is 3.94. The van der Waals surface area contributed by atoms with Gasteiger partial charge in [0.05, 0.1) is 16.9 Å². The van der Waals surface area contributed by atoms with Crippen LogP contribution in [0.5, 0.6) is 0 Å². The summed E-state index contributed by atoms with van der Waals surface area (Å²) in [4.78, 5) is 4.68. The summed E-state index contributed by atoms with van der Waals surface area (Å²) in [5, 5.41) is 0. The second-order valence-corrected chi connectivity index (χ2v) is 7.70. The highest BCUT2D eigenvalue weighted by Gasteiger charge is 2.52. The number of pyridine rings is 1. The minimum absolute atomic E-state index is 0.308. The van der Waals surface area contributed by atoms with Gasteiger partial charge in [0.25, 0.3) is 0 Å². The van der Waals surface area contributed by atoms with Crippen LogP contribution in [-0.4, -0.2) is 27.7 Å². The SMILES string of the molecule is Cc1cn2cc(B3OC(C)(C)C(C)(C)O3)cc(C3CC3)c2n1. The minimum atomic E-state index is -0.311. The van der Waals surface area contributed by atoms with E-state index in [2.05, 4.69) is 55.5 Å². The number of hydrogen-bond acceptors (Lipinski definition) is 3. The lowest BCUT2D eigenvalue weighted by Crippen LogP contribution is -2.41. The molecule has 1 saturated carbocycles. The van der Waals surface area contributed by atoms with E-state index in [0.29, 0.717) is 5.92 Å². The third-order valence-electron chi connectivity index (χ3n) is 5.26.